The normalized spacial score (nSPS) is 12.3. The summed E-state index contributed by atoms with van der Waals surface area (Å²) in [6.07, 6.45) is 0. The van der Waals surface area contributed by atoms with Crippen molar-refractivity contribution in [2.24, 2.45) is 11.1 Å². The Kier molecular flexibility index (Phi) is 4.56. The van der Waals surface area contributed by atoms with E-state index < -0.39 is 11.0 Å². The maximum atomic E-state index is 12.2. The smallest absolute Gasteiger partial charge is 0.227 e. The maximum absolute atomic E-state index is 12.2. The lowest BCUT2D eigenvalue weighted by atomic mass is 9.88. The molecule has 0 fully saturated rings. The van der Waals surface area contributed by atoms with Crippen molar-refractivity contribution in [3.63, 3.8) is 0 Å². The minimum absolute atomic E-state index is 0.0297. The molecule has 0 heterocycles. The van der Waals surface area contributed by atoms with Gasteiger partial charge in [0.05, 0.1) is 11.0 Å². The number of rotatable bonds is 4. The first-order valence-electron chi connectivity index (χ1n) is 5.98. The van der Waals surface area contributed by atoms with E-state index in [4.69, 9.17) is 5.73 Å². The molecule has 1 aromatic carbocycles. The van der Waals surface area contributed by atoms with Crippen molar-refractivity contribution in [1.82, 2.24) is 5.32 Å². The van der Waals surface area contributed by atoms with Crippen molar-refractivity contribution in [1.29, 1.82) is 0 Å². The first-order chi connectivity index (χ1) is 8.19. The van der Waals surface area contributed by atoms with Gasteiger partial charge in [0.25, 0.3) is 0 Å². The predicted molar refractivity (Wildman–Crippen MR) is 78.1 cm³/mol. The van der Waals surface area contributed by atoms with Crippen LogP contribution in [0, 0.1) is 5.41 Å². The van der Waals surface area contributed by atoms with Gasteiger partial charge in [-0.2, -0.15) is 0 Å². The van der Waals surface area contributed by atoms with Crippen LogP contribution >= 0.6 is 15.9 Å². The Morgan fingerprint density at radius 2 is 1.72 bits per heavy atom. The molecule has 4 heteroatoms. The lowest BCUT2D eigenvalue weighted by Crippen LogP contribution is -2.49. The third kappa shape index (κ3) is 3.56. The number of hydrogen-bond donors (Lipinski definition) is 2. The van der Waals surface area contributed by atoms with Crippen molar-refractivity contribution >= 4 is 21.8 Å². The van der Waals surface area contributed by atoms with E-state index in [-0.39, 0.29) is 5.91 Å². The number of amides is 1. The van der Waals surface area contributed by atoms with Gasteiger partial charge in [0, 0.05) is 11.0 Å². The zero-order chi connectivity index (χ0) is 14.0. The topological polar surface area (TPSA) is 55.1 Å². The average Bonchev–Trinajstić information content (AvgIpc) is 2.29. The molecule has 0 aliphatic carbocycles. The third-order valence-electron chi connectivity index (χ3n) is 3.12. The Labute approximate surface area is 117 Å². The molecule has 0 spiro atoms. The summed E-state index contributed by atoms with van der Waals surface area (Å²) in [4.78, 5) is 12.2. The average molecular weight is 313 g/mol. The van der Waals surface area contributed by atoms with Gasteiger partial charge >= 0.3 is 0 Å². The number of carbonyl (C=O) groups excluding carboxylic acids is 1. The van der Waals surface area contributed by atoms with Crippen molar-refractivity contribution in [2.45, 2.75) is 33.2 Å². The Balaban J connectivity index is 2.88. The fraction of sp³-hybridized carbons (Fsp3) is 0.500. The van der Waals surface area contributed by atoms with E-state index in [0.29, 0.717) is 6.54 Å². The molecule has 1 amide bonds. The number of nitrogens with two attached hydrogens (primary N) is 1. The molecule has 3 nitrogen and oxygen atoms in total. The van der Waals surface area contributed by atoms with Crippen LogP contribution in [0.4, 0.5) is 0 Å². The quantitative estimate of drug-likeness (QED) is 0.898. The Morgan fingerprint density at radius 3 is 2.17 bits per heavy atom. The standard InChI is InChI=1S/C14H21BrN2O/c1-13(2,9-16)12(18)17-14(3,4)10-5-7-11(15)8-6-10/h5-8H,9,16H2,1-4H3,(H,17,18). The summed E-state index contributed by atoms with van der Waals surface area (Å²) in [7, 11) is 0. The van der Waals surface area contributed by atoms with Crippen LogP contribution in [0.1, 0.15) is 33.3 Å². The fourth-order valence-corrected chi connectivity index (χ4v) is 1.75. The van der Waals surface area contributed by atoms with Gasteiger partial charge in [-0.25, -0.2) is 0 Å². The number of benzene rings is 1. The van der Waals surface area contributed by atoms with Crippen LogP contribution in [-0.4, -0.2) is 12.5 Å². The predicted octanol–water partition coefficient (Wildman–Crippen LogP) is 2.79. The van der Waals surface area contributed by atoms with Gasteiger partial charge in [0.15, 0.2) is 0 Å². The van der Waals surface area contributed by atoms with Crippen LogP contribution in [0.5, 0.6) is 0 Å². The van der Waals surface area contributed by atoms with Crippen LogP contribution in [0.25, 0.3) is 0 Å². The van der Waals surface area contributed by atoms with Gasteiger partial charge < -0.3 is 11.1 Å². The minimum atomic E-state index is -0.549. The van der Waals surface area contributed by atoms with Crippen molar-refractivity contribution in [3.8, 4) is 0 Å². The summed E-state index contributed by atoms with van der Waals surface area (Å²) < 4.78 is 1.02. The molecule has 0 aromatic heterocycles. The van der Waals surface area contributed by atoms with E-state index in [1.165, 1.54) is 0 Å². The number of hydrogen-bond acceptors (Lipinski definition) is 2. The van der Waals surface area contributed by atoms with Crippen LogP contribution < -0.4 is 11.1 Å². The molecule has 0 aliphatic rings. The summed E-state index contributed by atoms with van der Waals surface area (Å²) in [5, 5.41) is 3.05. The molecule has 0 radical (unpaired) electrons. The van der Waals surface area contributed by atoms with E-state index in [2.05, 4.69) is 21.2 Å². The lowest BCUT2D eigenvalue weighted by molar-refractivity contribution is -0.130. The monoisotopic (exact) mass is 312 g/mol. The highest BCUT2D eigenvalue weighted by Gasteiger charge is 2.31. The van der Waals surface area contributed by atoms with Crippen LogP contribution in [0.15, 0.2) is 28.7 Å². The Morgan fingerprint density at radius 1 is 1.22 bits per heavy atom. The second kappa shape index (κ2) is 5.41. The molecule has 0 atom stereocenters. The lowest BCUT2D eigenvalue weighted by Gasteiger charge is -2.32. The maximum Gasteiger partial charge on any atom is 0.227 e. The third-order valence-corrected chi connectivity index (χ3v) is 3.65. The summed E-state index contributed by atoms with van der Waals surface area (Å²) in [5.41, 5.74) is 5.72. The first-order valence-corrected chi connectivity index (χ1v) is 6.77. The highest BCUT2D eigenvalue weighted by Crippen LogP contribution is 2.24. The zero-order valence-electron chi connectivity index (χ0n) is 11.4. The van der Waals surface area contributed by atoms with Crippen LogP contribution in [-0.2, 0) is 10.3 Å². The summed E-state index contributed by atoms with van der Waals surface area (Å²) in [5.74, 6) is -0.0297. The van der Waals surface area contributed by atoms with E-state index in [1.54, 1.807) is 0 Å². The zero-order valence-corrected chi connectivity index (χ0v) is 13.0. The largest absolute Gasteiger partial charge is 0.347 e. The SMILES string of the molecule is CC(C)(CN)C(=O)NC(C)(C)c1ccc(Br)cc1. The van der Waals surface area contributed by atoms with Crippen molar-refractivity contribution in [3.05, 3.63) is 34.3 Å². The highest BCUT2D eigenvalue weighted by atomic mass is 79.9. The molecule has 100 valence electrons. The minimum Gasteiger partial charge on any atom is -0.347 e. The second-order valence-electron chi connectivity index (χ2n) is 5.67. The van der Waals surface area contributed by atoms with Crippen molar-refractivity contribution in [2.75, 3.05) is 6.54 Å². The summed E-state index contributed by atoms with van der Waals surface area (Å²) in [6, 6.07) is 7.94. The van der Waals surface area contributed by atoms with Crippen LogP contribution in [0.2, 0.25) is 0 Å². The fourth-order valence-electron chi connectivity index (χ4n) is 1.48. The van der Waals surface area contributed by atoms with Gasteiger partial charge in [0.1, 0.15) is 0 Å². The molecule has 18 heavy (non-hydrogen) atoms. The molecule has 0 bridgehead atoms. The van der Waals surface area contributed by atoms with E-state index in [9.17, 15) is 4.79 Å². The molecule has 0 aliphatic heterocycles. The molecule has 0 saturated heterocycles. The number of carbonyl (C=O) groups is 1. The van der Waals surface area contributed by atoms with Gasteiger partial charge in [-0.3, -0.25) is 4.79 Å². The molecule has 0 unspecified atom stereocenters. The van der Waals surface area contributed by atoms with Gasteiger partial charge in [-0.15, -0.1) is 0 Å². The highest BCUT2D eigenvalue weighted by molar-refractivity contribution is 9.10. The van der Waals surface area contributed by atoms with Gasteiger partial charge in [-0.1, -0.05) is 28.1 Å². The van der Waals surface area contributed by atoms with E-state index in [0.717, 1.165) is 10.0 Å². The van der Waals surface area contributed by atoms with Gasteiger partial charge in [-0.05, 0) is 45.4 Å². The van der Waals surface area contributed by atoms with Crippen LogP contribution in [0.3, 0.4) is 0 Å². The van der Waals surface area contributed by atoms with E-state index >= 15 is 0 Å². The summed E-state index contributed by atoms with van der Waals surface area (Å²) >= 11 is 3.40. The molecule has 1 aromatic rings. The second-order valence-corrected chi connectivity index (χ2v) is 6.59. The Hall–Kier alpha value is -0.870. The first kappa shape index (κ1) is 15.2. The Bertz CT molecular complexity index is 424. The molecular weight excluding hydrogens is 292 g/mol. The number of nitrogens with one attached hydrogen (secondary N) is 1. The molecule has 1 rings (SSSR count). The molecule has 0 saturated carbocycles. The molecule has 3 N–H and O–H groups in total. The van der Waals surface area contributed by atoms with Crippen molar-refractivity contribution < 1.29 is 4.79 Å². The van der Waals surface area contributed by atoms with E-state index in [1.807, 2.05) is 52.0 Å². The molecular formula is C14H21BrN2O. The van der Waals surface area contributed by atoms with Gasteiger partial charge in [0.2, 0.25) is 5.91 Å². The summed E-state index contributed by atoms with van der Waals surface area (Å²) in [6.45, 7) is 8.00. The number of halogens is 1.